The minimum atomic E-state index is -3.53. The number of carboxylic acids is 1. The molecule has 1 saturated heterocycles. The number of aliphatic hydroxyl groups is 1. The van der Waals surface area contributed by atoms with Crippen LogP contribution in [0.1, 0.15) is 13.3 Å². The summed E-state index contributed by atoms with van der Waals surface area (Å²) in [5.41, 5.74) is 0. The molecular weight excluding hydrogens is 210 g/mol. The van der Waals surface area contributed by atoms with E-state index in [-0.39, 0.29) is 18.7 Å². The summed E-state index contributed by atoms with van der Waals surface area (Å²) in [5, 5.41) is 18.0. The topological polar surface area (TPSA) is 94.9 Å². The number of carbonyl (C=O) groups is 1. The Hall–Kier alpha value is -0.660. The first-order valence-corrected chi connectivity index (χ1v) is 5.89. The van der Waals surface area contributed by atoms with Crippen LogP contribution in [0.3, 0.4) is 0 Å². The van der Waals surface area contributed by atoms with Crippen molar-refractivity contribution in [1.29, 1.82) is 0 Å². The van der Waals surface area contributed by atoms with Gasteiger partial charge in [0.25, 0.3) is 0 Å². The molecule has 1 unspecified atom stereocenters. The highest BCUT2D eigenvalue weighted by molar-refractivity contribution is 7.89. The van der Waals surface area contributed by atoms with Gasteiger partial charge in [0.1, 0.15) is 6.04 Å². The summed E-state index contributed by atoms with van der Waals surface area (Å²) < 4.78 is 23.7. The van der Waals surface area contributed by atoms with Gasteiger partial charge in [-0.05, 0) is 6.92 Å². The standard InChI is InChI=1S/C7H13NO5S/c1-2-14(12,13)8-4-5(9)3-6(8)7(10)11/h5-6,9H,2-4H2,1H3,(H,10,11)/t5?,6-/m0/s1. The molecule has 6 nitrogen and oxygen atoms in total. The molecule has 0 aromatic rings. The second-order valence-corrected chi connectivity index (χ2v) is 5.42. The first kappa shape index (κ1) is 11.4. The van der Waals surface area contributed by atoms with Crippen molar-refractivity contribution in [3.63, 3.8) is 0 Å². The summed E-state index contributed by atoms with van der Waals surface area (Å²) in [5.74, 6) is -1.36. The highest BCUT2D eigenvalue weighted by atomic mass is 32.2. The number of carboxylic acid groups (broad SMARTS) is 1. The number of rotatable bonds is 3. The summed E-state index contributed by atoms with van der Waals surface area (Å²) in [7, 11) is -3.53. The Bertz CT molecular complexity index is 325. The Balaban J connectivity index is 2.93. The van der Waals surface area contributed by atoms with E-state index in [1.54, 1.807) is 0 Å². The Morgan fingerprint density at radius 3 is 2.57 bits per heavy atom. The second kappa shape index (κ2) is 3.84. The van der Waals surface area contributed by atoms with Crippen LogP contribution in [-0.2, 0) is 14.8 Å². The molecule has 0 spiro atoms. The third-order valence-corrected chi connectivity index (χ3v) is 4.09. The van der Waals surface area contributed by atoms with Gasteiger partial charge in [-0.3, -0.25) is 4.79 Å². The lowest BCUT2D eigenvalue weighted by Crippen LogP contribution is -2.41. The third-order valence-electron chi connectivity index (χ3n) is 2.24. The van der Waals surface area contributed by atoms with Crippen LogP contribution in [0, 0.1) is 0 Å². The van der Waals surface area contributed by atoms with Gasteiger partial charge in [0.2, 0.25) is 10.0 Å². The molecule has 0 amide bonds. The molecule has 2 N–H and O–H groups in total. The van der Waals surface area contributed by atoms with Crippen molar-refractivity contribution in [2.24, 2.45) is 0 Å². The summed E-state index contributed by atoms with van der Waals surface area (Å²) in [6.07, 6.45) is -0.911. The maximum absolute atomic E-state index is 11.4. The van der Waals surface area contributed by atoms with Gasteiger partial charge in [-0.15, -0.1) is 0 Å². The fraction of sp³-hybridized carbons (Fsp3) is 0.857. The number of aliphatic carboxylic acids is 1. The molecule has 0 aliphatic carbocycles. The second-order valence-electron chi connectivity index (χ2n) is 3.21. The molecule has 7 heteroatoms. The predicted molar refractivity (Wildman–Crippen MR) is 48.2 cm³/mol. The van der Waals surface area contributed by atoms with Gasteiger partial charge in [-0.1, -0.05) is 0 Å². The van der Waals surface area contributed by atoms with E-state index < -0.39 is 28.1 Å². The molecule has 1 rings (SSSR count). The molecule has 0 saturated carbocycles. The summed E-state index contributed by atoms with van der Waals surface area (Å²) >= 11 is 0. The van der Waals surface area contributed by atoms with Crippen LogP contribution in [0.15, 0.2) is 0 Å². The molecule has 0 aromatic heterocycles. The monoisotopic (exact) mass is 223 g/mol. The van der Waals surface area contributed by atoms with Crippen molar-refractivity contribution >= 4 is 16.0 Å². The van der Waals surface area contributed by atoms with Gasteiger partial charge in [-0.25, -0.2) is 8.42 Å². The third kappa shape index (κ3) is 2.05. The van der Waals surface area contributed by atoms with Crippen molar-refractivity contribution in [2.45, 2.75) is 25.5 Å². The van der Waals surface area contributed by atoms with Gasteiger partial charge < -0.3 is 10.2 Å². The van der Waals surface area contributed by atoms with Gasteiger partial charge in [0, 0.05) is 13.0 Å². The largest absolute Gasteiger partial charge is 0.480 e. The maximum atomic E-state index is 11.4. The zero-order valence-electron chi connectivity index (χ0n) is 7.75. The Morgan fingerprint density at radius 2 is 2.14 bits per heavy atom. The van der Waals surface area contributed by atoms with Gasteiger partial charge in [-0.2, -0.15) is 4.31 Å². The number of aliphatic hydroxyl groups excluding tert-OH is 1. The van der Waals surface area contributed by atoms with E-state index in [1.807, 2.05) is 0 Å². The first-order chi connectivity index (χ1) is 6.38. The highest BCUT2D eigenvalue weighted by Crippen LogP contribution is 2.21. The molecule has 2 atom stereocenters. The molecule has 0 radical (unpaired) electrons. The normalized spacial score (nSPS) is 29.3. The molecule has 1 heterocycles. The minimum absolute atomic E-state index is 0.0332. The fourth-order valence-electron chi connectivity index (χ4n) is 1.48. The average Bonchev–Trinajstić information content (AvgIpc) is 2.48. The first-order valence-electron chi connectivity index (χ1n) is 4.29. The molecule has 1 aliphatic rings. The molecule has 14 heavy (non-hydrogen) atoms. The van der Waals surface area contributed by atoms with Gasteiger partial charge in [0.05, 0.1) is 11.9 Å². The molecule has 0 aromatic carbocycles. The molecule has 1 fully saturated rings. The quantitative estimate of drug-likeness (QED) is 0.630. The molecule has 0 bridgehead atoms. The lowest BCUT2D eigenvalue weighted by atomic mass is 10.2. The number of hydrogen-bond acceptors (Lipinski definition) is 4. The summed E-state index contributed by atoms with van der Waals surface area (Å²) in [6.45, 7) is 1.33. The number of β-amino-alcohol motifs (C(OH)–C–C–N with tert-alkyl or cyclic N) is 1. The SMILES string of the molecule is CCS(=O)(=O)N1CC(O)C[C@H]1C(=O)O. The molecule has 1 aliphatic heterocycles. The summed E-state index contributed by atoms with van der Waals surface area (Å²) in [4.78, 5) is 10.7. The maximum Gasteiger partial charge on any atom is 0.322 e. The Labute approximate surface area is 82.2 Å². The zero-order valence-corrected chi connectivity index (χ0v) is 8.57. The fourth-order valence-corrected chi connectivity index (χ4v) is 2.78. The predicted octanol–water partition coefficient (Wildman–Crippen LogP) is -1.14. The van der Waals surface area contributed by atoms with Crippen molar-refractivity contribution in [3.05, 3.63) is 0 Å². The van der Waals surface area contributed by atoms with E-state index in [1.165, 1.54) is 6.92 Å². The smallest absolute Gasteiger partial charge is 0.322 e. The van der Waals surface area contributed by atoms with Crippen molar-refractivity contribution in [3.8, 4) is 0 Å². The van der Waals surface area contributed by atoms with Crippen LogP contribution < -0.4 is 0 Å². The van der Waals surface area contributed by atoms with Crippen LogP contribution >= 0.6 is 0 Å². The van der Waals surface area contributed by atoms with Crippen molar-refractivity contribution in [1.82, 2.24) is 4.31 Å². The van der Waals surface area contributed by atoms with E-state index in [0.29, 0.717) is 0 Å². The van der Waals surface area contributed by atoms with E-state index in [0.717, 1.165) is 4.31 Å². The van der Waals surface area contributed by atoms with Crippen LogP contribution in [0.4, 0.5) is 0 Å². The Morgan fingerprint density at radius 1 is 1.57 bits per heavy atom. The minimum Gasteiger partial charge on any atom is -0.480 e. The number of hydrogen-bond donors (Lipinski definition) is 2. The number of nitrogens with zero attached hydrogens (tertiary/aromatic N) is 1. The van der Waals surface area contributed by atoms with Crippen LogP contribution in [0.2, 0.25) is 0 Å². The van der Waals surface area contributed by atoms with E-state index >= 15 is 0 Å². The highest BCUT2D eigenvalue weighted by Gasteiger charge is 2.41. The van der Waals surface area contributed by atoms with E-state index in [4.69, 9.17) is 5.11 Å². The number of sulfonamides is 1. The Kier molecular flexibility index (Phi) is 3.13. The van der Waals surface area contributed by atoms with Crippen LogP contribution in [0.25, 0.3) is 0 Å². The lowest BCUT2D eigenvalue weighted by Gasteiger charge is -2.19. The zero-order chi connectivity index (χ0) is 10.9. The lowest BCUT2D eigenvalue weighted by molar-refractivity contribution is -0.140. The van der Waals surface area contributed by atoms with Gasteiger partial charge >= 0.3 is 5.97 Å². The van der Waals surface area contributed by atoms with Crippen LogP contribution in [0.5, 0.6) is 0 Å². The van der Waals surface area contributed by atoms with Gasteiger partial charge in [0.15, 0.2) is 0 Å². The molecule has 82 valence electrons. The van der Waals surface area contributed by atoms with Crippen molar-refractivity contribution < 1.29 is 23.4 Å². The summed E-state index contributed by atoms with van der Waals surface area (Å²) in [6, 6.07) is -1.12. The van der Waals surface area contributed by atoms with E-state index in [9.17, 15) is 18.3 Å². The van der Waals surface area contributed by atoms with E-state index in [2.05, 4.69) is 0 Å². The molecular formula is C7H13NO5S. The van der Waals surface area contributed by atoms with Crippen molar-refractivity contribution in [2.75, 3.05) is 12.3 Å². The average molecular weight is 223 g/mol. The van der Waals surface area contributed by atoms with Crippen LogP contribution in [-0.4, -0.2) is 53.3 Å².